The minimum absolute atomic E-state index is 0.0287. The van der Waals surface area contributed by atoms with Gasteiger partial charge < -0.3 is 20.9 Å². The predicted molar refractivity (Wildman–Crippen MR) is 64.8 cm³/mol. The summed E-state index contributed by atoms with van der Waals surface area (Å²) in [5.41, 5.74) is 5.06. The van der Waals surface area contributed by atoms with Crippen LogP contribution in [-0.4, -0.2) is 38.8 Å². The first-order valence-corrected chi connectivity index (χ1v) is 5.56. The summed E-state index contributed by atoms with van der Waals surface area (Å²) >= 11 is 0. The zero-order chi connectivity index (χ0) is 12.9. The lowest BCUT2D eigenvalue weighted by molar-refractivity contribution is 0.218. The lowest BCUT2D eigenvalue weighted by Crippen LogP contribution is -2.38. The van der Waals surface area contributed by atoms with E-state index in [1.165, 1.54) is 0 Å². The van der Waals surface area contributed by atoms with Crippen LogP contribution in [0.2, 0.25) is 0 Å². The minimum Gasteiger partial charge on any atom is -0.464 e. The summed E-state index contributed by atoms with van der Waals surface area (Å²) in [5, 5.41) is 12.3. The van der Waals surface area contributed by atoms with Gasteiger partial charge in [-0.3, -0.25) is 0 Å². The molecule has 1 aromatic rings. The molecule has 0 aliphatic carbocycles. The summed E-state index contributed by atoms with van der Waals surface area (Å²) in [5.74, 6) is 0.390. The minimum atomic E-state index is -0.489. The number of aliphatic hydroxyl groups excluding tert-OH is 1. The van der Waals surface area contributed by atoms with E-state index in [9.17, 15) is 5.11 Å². The molecule has 96 valence electrons. The summed E-state index contributed by atoms with van der Waals surface area (Å²) in [6.45, 7) is 6.08. The smallest absolute Gasteiger partial charge is 0.323 e. The first kappa shape index (κ1) is 13.4. The van der Waals surface area contributed by atoms with Gasteiger partial charge in [-0.2, -0.15) is 15.0 Å². The van der Waals surface area contributed by atoms with Crippen molar-refractivity contribution in [2.75, 3.05) is 24.3 Å². The molecule has 0 saturated heterocycles. The predicted octanol–water partition coefficient (Wildman–Crippen LogP) is 0.425. The van der Waals surface area contributed by atoms with Crippen LogP contribution in [0.4, 0.5) is 11.9 Å². The maximum atomic E-state index is 9.29. The van der Waals surface area contributed by atoms with Gasteiger partial charge in [0.05, 0.1) is 18.8 Å². The number of nitrogens with zero attached hydrogens (tertiary/aromatic N) is 3. The average Bonchev–Trinajstić information content (AvgIpc) is 2.28. The molecule has 0 aromatic carbocycles. The third-order valence-corrected chi connectivity index (χ3v) is 2.45. The number of nitrogens with two attached hydrogens (primary N) is 1. The van der Waals surface area contributed by atoms with E-state index in [1.807, 2.05) is 20.8 Å². The molecule has 0 saturated carbocycles. The third-order valence-electron chi connectivity index (χ3n) is 2.45. The quantitative estimate of drug-likeness (QED) is 0.662. The number of hydrogen-bond donors (Lipinski definition) is 3. The largest absolute Gasteiger partial charge is 0.464 e. The van der Waals surface area contributed by atoms with Crippen LogP contribution in [0.25, 0.3) is 0 Å². The molecule has 17 heavy (non-hydrogen) atoms. The molecule has 0 amide bonds. The highest BCUT2D eigenvalue weighted by molar-refractivity contribution is 5.35. The monoisotopic (exact) mass is 241 g/mol. The van der Waals surface area contributed by atoms with E-state index in [1.54, 1.807) is 0 Å². The molecule has 7 heteroatoms. The van der Waals surface area contributed by atoms with Crippen LogP contribution >= 0.6 is 0 Å². The third kappa shape index (κ3) is 3.70. The number of ether oxygens (including phenoxy) is 1. The van der Waals surface area contributed by atoms with E-state index in [0.29, 0.717) is 12.6 Å². The number of nitrogens with one attached hydrogen (secondary N) is 1. The van der Waals surface area contributed by atoms with Crippen molar-refractivity contribution in [2.45, 2.75) is 32.7 Å². The Morgan fingerprint density at radius 1 is 1.35 bits per heavy atom. The lowest BCUT2D eigenvalue weighted by Gasteiger charge is -2.27. The fraction of sp³-hybridized carbons (Fsp3) is 0.700. The van der Waals surface area contributed by atoms with Crippen molar-refractivity contribution in [1.82, 2.24) is 15.0 Å². The van der Waals surface area contributed by atoms with Gasteiger partial charge in [0, 0.05) is 0 Å². The Kier molecular flexibility index (Phi) is 4.45. The van der Waals surface area contributed by atoms with Crippen LogP contribution in [0.5, 0.6) is 6.01 Å². The van der Waals surface area contributed by atoms with Crippen molar-refractivity contribution in [2.24, 2.45) is 0 Å². The molecule has 7 nitrogen and oxygen atoms in total. The molecule has 1 rings (SSSR count). The van der Waals surface area contributed by atoms with Crippen LogP contribution in [0.3, 0.4) is 0 Å². The molecule has 0 spiro atoms. The fourth-order valence-electron chi connectivity index (χ4n) is 1.13. The summed E-state index contributed by atoms with van der Waals surface area (Å²) in [4.78, 5) is 11.8. The fourth-order valence-corrected chi connectivity index (χ4v) is 1.13. The van der Waals surface area contributed by atoms with Crippen molar-refractivity contribution in [3.05, 3.63) is 0 Å². The molecule has 1 atom stereocenters. The Bertz CT molecular complexity index is 368. The number of nitrogen functional groups attached to an aromatic ring is 1. The Hall–Kier alpha value is -1.63. The molecule has 0 fully saturated rings. The standard InChI is InChI=1S/C10H19N5O2/c1-4-10(3,6-16)15-8-12-7(11)13-9(14-8)17-5-2/h16H,4-6H2,1-3H3,(H3,11,12,13,14,15). The zero-order valence-corrected chi connectivity index (χ0v) is 10.4. The summed E-state index contributed by atoms with van der Waals surface area (Å²) in [7, 11) is 0. The molecule has 0 aliphatic rings. The Morgan fingerprint density at radius 3 is 2.59 bits per heavy atom. The van der Waals surface area contributed by atoms with Gasteiger partial charge in [0.2, 0.25) is 11.9 Å². The second-order valence-electron chi connectivity index (χ2n) is 3.93. The van der Waals surface area contributed by atoms with Gasteiger partial charge in [-0.15, -0.1) is 0 Å². The SMILES string of the molecule is CCOc1nc(N)nc(NC(C)(CC)CO)n1. The summed E-state index contributed by atoms with van der Waals surface area (Å²) in [6.07, 6.45) is 0.721. The molecule has 1 aromatic heterocycles. The highest BCUT2D eigenvalue weighted by Gasteiger charge is 2.22. The topological polar surface area (TPSA) is 106 Å². The maximum absolute atomic E-state index is 9.29. The van der Waals surface area contributed by atoms with E-state index < -0.39 is 5.54 Å². The van der Waals surface area contributed by atoms with Crippen LogP contribution in [0.1, 0.15) is 27.2 Å². The van der Waals surface area contributed by atoms with Crippen molar-refractivity contribution in [3.8, 4) is 6.01 Å². The van der Waals surface area contributed by atoms with Gasteiger partial charge in [0.15, 0.2) is 0 Å². The van der Waals surface area contributed by atoms with Crippen LogP contribution in [0.15, 0.2) is 0 Å². The van der Waals surface area contributed by atoms with Crippen LogP contribution < -0.4 is 15.8 Å². The van der Waals surface area contributed by atoms with Gasteiger partial charge in [-0.1, -0.05) is 6.92 Å². The van der Waals surface area contributed by atoms with E-state index >= 15 is 0 Å². The van der Waals surface area contributed by atoms with Crippen molar-refractivity contribution in [3.63, 3.8) is 0 Å². The number of aromatic nitrogens is 3. The second kappa shape index (κ2) is 5.62. The molecule has 0 aliphatic heterocycles. The van der Waals surface area contributed by atoms with Gasteiger partial charge in [-0.05, 0) is 20.3 Å². The normalized spacial score (nSPS) is 14.1. The van der Waals surface area contributed by atoms with E-state index in [4.69, 9.17) is 10.5 Å². The lowest BCUT2D eigenvalue weighted by atomic mass is 10.0. The molecule has 1 unspecified atom stereocenters. The van der Waals surface area contributed by atoms with E-state index in [2.05, 4.69) is 20.3 Å². The van der Waals surface area contributed by atoms with Crippen molar-refractivity contribution < 1.29 is 9.84 Å². The number of rotatable bonds is 6. The van der Waals surface area contributed by atoms with Crippen molar-refractivity contribution >= 4 is 11.9 Å². The number of aliphatic hydroxyl groups is 1. The molecule has 4 N–H and O–H groups in total. The maximum Gasteiger partial charge on any atom is 0.323 e. The van der Waals surface area contributed by atoms with Crippen molar-refractivity contribution in [1.29, 1.82) is 0 Å². The van der Waals surface area contributed by atoms with Gasteiger partial charge in [-0.25, -0.2) is 0 Å². The highest BCUT2D eigenvalue weighted by Crippen LogP contribution is 2.17. The highest BCUT2D eigenvalue weighted by atomic mass is 16.5. The van der Waals surface area contributed by atoms with E-state index in [-0.39, 0.29) is 18.6 Å². The molecular weight excluding hydrogens is 222 g/mol. The molecule has 0 bridgehead atoms. The summed E-state index contributed by atoms with van der Waals surface area (Å²) in [6, 6.07) is 0.180. The average molecular weight is 241 g/mol. The number of hydrogen-bond acceptors (Lipinski definition) is 7. The Morgan fingerprint density at radius 2 is 2.06 bits per heavy atom. The molecule has 1 heterocycles. The van der Waals surface area contributed by atoms with Crippen LogP contribution in [-0.2, 0) is 0 Å². The van der Waals surface area contributed by atoms with Gasteiger partial charge in [0.25, 0.3) is 0 Å². The summed E-state index contributed by atoms with van der Waals surface area (Å²) < 4.78 is 5.16. The van der Waals surface area contributed by atoms with Gasteiger partial charge in [0.1, 0.15) is 0 Å². The second-order valence-corrected chi connectivity index (χ2v) is 3.93. The Labute approximate surface area is 100 Å². The van der Waals surface area contributed by atoms with Crippen LogP contribution in [0, 0.1) is 0 Å². The Balaban J connectivity index is 2.90. The molecular formula is C10H19N5O2. The van der Waals surface area contributed by atoms with E-state index in [0.717, 1.165) is 6.42 Å². The van der Waals surface area contributed by atoms with Gasteiger partial charge >= 0.3 is 6.01 Å². The first-order chi connectivity index (χ1) is 8.03. The molecule has 0 radical (unpaired) electrons. The zero-order valence-electron chi connectivity index (χ0n) is 10.4. The number of anilines is 2. The first-order valence-electron chi connectivity index (χ1n) is 5.56.